The van der Waals surface area contributed by atoms with E-state index in [9.17, 15) is 4.39 Å². The minimum Gasteiger partial charge on any atom is -0.474 e. The Morgan fingerprint density at radius 2 is 2.41 bits per heavy atom. The average Bonchev–Trinajstić information content (AvgIpc) is 2.70. The van der Waals surface area contributed by atoms with Crippen LogP contribution < -0.4 is 10.5 Å². The third-order valence-corrected chi connectivity index (χ3v) is 5.66. The number of hydrogen-bond acceptors (Lipinski definition) is 7. The van der Waals surface area contributed by atoms with Crippen molar-refractivity contribution in [3.05, 3.63) is 54.8 Å². The average molecular weight is 390 g/mol. The molecule has 0 spiro atoms. The Morgan fingerprint density at radius 1 is 1.56 bits per heavy atom. The second-order valence-electron chi connectivity index (χ2n) is 6.42. The molecule has 144 valence electrons. The van der Waals surface area contributed by atoms with Crippen molar-refractivity contribution in [2.24, 2.45) is 16.6 Å². The topological polar surface area (TPSA) is 82.6 Å². The number of allylic oxidation sites excluding steroid dienone is 3. The summed E-state index contributed by atoms with van der Waals surface area (Å²) < 4.78 is 26.3. The SMILES string of the molecule is C=C(/C(F)=C\C=C/C)[C@]12CO[C@@H](COc3cnccn3)C[C@H]1CSC(N)=N2. The van der Waals surface area contributed by atoms with Gasteiger partial charge < -0.3 is 15.2 Å². The van der Waals surface area contributed by atoms with Gasteiger partial charge in [-0.2, -0.15) is 0 Å². The minimum absolute atomic E-state index is 0.0521. The molecule has 3 atom stereocenters. The highest BCUT2D eigenvalue weighted by atomic mass is 32.2. The standard InChI is InChI=1S/C19H23FN4O2S/c1-3-4-5-16(20)13(2)19-12-26-15(8-14(19)11-27-18(21)24-19)10-25-17-9-22-6-7-23-17/h3-7,9,14-15H,2,8,10-12H2,1H3,(H2,21,24)/b4-3-,16-5+/t14-,15+,19+/m0/s1. The number of aromatic nitrogens is 2. The molecule has 1 fully saturated rings. The summed E-state index contributed by atoms with van der Waals surface area (Å²) in [6.45, 7) is 6.36. The first kappa shape index (κ1) is 19.6. The number of nitrogens with two attached hydrogens (primary N) is 1. The molecule has 2 aliphatic rings. The monoisotopic (exact) mass is 390 g/mol. The number of amidine groups is 1. The maximum absolute atomic E-state index is 14.6. The molecule has 6 nitrogen and oxygen atoms in total. The molecule has 0 aliphatic carbocycles. The molecular formula is C19H23FN4O2S. The van der Waals surface area contributed by atoms with Gasteiger partial charge in [-0.3, -0.25) is 4.98 Å². The van der Waals surface area contributed by atoms with Gasteiger partial charge in [0.1, 0.15) is 18.0 Å². The predicted molar refractivity (Wildman–Crippen MR) is 105 cm³/mol. The summed E-state index contributed by atoms with van der Waals surface area (Å²) in [5.41, 5.74) is 5.39. The summed E-state index contributed by atoms with van der Waals surface area (Å²) in [4.78, 5) is 12.6. The van der Waals surface area contributed by atoms with Gasteiger partial charge in [-0.15, -0.1) is 0 Å². The first-order chi connectivity index (χ1) is 13.0. The first-order valence-corrected chi connectivity index (χ1v) is 9.70. The van der Waals surface area contributed by atoms with Gasteiger partial charge >= 0.3 is 0 Å². The van der Waals surface area contributed by atoms with Crippen molar-refractivity contribution in [1.29, 1.82) is 0 Å². The molecule has 0 unspecified atom stereocenters. The number of rotatable bonds is 6. The van der Waals surface area contributed by atoms with Crippen molar-refractivity contribution >= 4 is 16.9 Å². The molecule has 1 saturated heterocycles. The second-order valence-corrected chi connectivity index (χ2v) is 7.46. The molecule has 0 saturated carbocycles. The Hall–Kier alpha value is -2.19. The summed E-state index contributed by atoms with van der Waals surface area (Å²) in [6.07, 6.45) is 10.0. The highest BCUT2D eigenvalue weighted by Gasteiger charge is 2.49. The smallest absolute Gasteiger partial charge is 0.232 e. The summed E-state index contributed by atoms with van der Waals surface area (Å²) >= 11 is 1.48. The molecule has 1 aromatic rings. The van der Waals surface area contributed by atoms with Crippen LogP contribution in [0.3, 0.4) is 0 Å². The normalized spacial score (nSPS) is 28.5. The van der Waals surface area contributed by atoms with Gasteiger partial charge in [0.05, 0.1) is 18.9 Å². The first-order valence-electron chi connectivity index (χ1n) is 8.72. The minimum atomic E-state index is -0.874. The number of hydrogen-bond donors (Lipinski definition) is 1. The van der Waals surface area contributed by atoms with Gasteiger partial charge in [-0.25, -0.2) is 14.4 Å². The second kappa shape index (κ2) is 8.67. The van der Waals surface area contributed by atoms with E-state index < -0.39 is 11.4 Å². The molecule has 3 heterocycles. The number of nitrogens with zero attached hydrogens (tertiary/aromatic N) is 3. The third-order valence-electron chi connectivity index (χ3n) is 4.71. The zero-order valence-corrected chi connectivity index (χ0v) is 16.0. The molecule has 0 bridgehead atoms. The van der Waals surface area contributed by atoms with E-state index >= 15 is 0 Å². The fourth-order valence-corrected chi connectivity index (χ4v) is 4.24. The van der Waals surface area contributed by atoms with Crippen LogP contribution in [0, 0.1) is 5.92 Å². The lowest BCUT2D eigenvalue weighted by atomic mass is 9.75. The number of ether oxygens (including phenoxy) is 2. The Kier molecular flexibility index (Phi) is 6.28. The third kappa shape index (κ3) is 4.39. The van der Waals surface area contributed by atoms with E-state index in [1.807, 2.05) is 6.92 Å². The summed E-state index contributed by atoms with van der Waals surface area (Å²) in [5.74, 6) is 0.828. The van der Waals surface area contributed by atoms with Crippen molar-refractivity contribution in [2.45, 2.75) is 25.0 Å². The van der Waals surface area contributed by atoms with Gasteiger partial charge in [0.25, 0.3) is 0 Å². The Labute approximate surface area is 162 Å². The van der Waals surface area contributed by atoms with Crippen LogP contribution in [0.2, 0.25) is 0 Å². The van der Waals surface area contributed by atoms with Crippen molar-refractivity contribution in [3.63, 3.8) is 0 Å². The van der Waals surface area contributed by atoms with Crippen molar-refractivity contribution in [3.8, 4) is 5.88 Å². The van der Waals surface area contributed by atoms with E-state index in [0.717, 1.165) is 5.75 Å². The number of halogens is 1. The van der Waals surface area contributed by atoms with Crippen molar-refractivity contribution in [1.82, 2.24) is 9.97 Å². The fourth-order valence-electron chi connectivity index (χ4n) is 3.23. The summed E-state index contributed by atoms with van der Waals surface area (Å²) in [7, 11) is 0. The Balaban J connectivity index is 1.74. The number of thioether (sulfide) groups is 1. The van der Waals surface area contributed by atoms with Crippen molar-refractivity contribution < 1.29 is 13.9 Å². The fraction of sp³-hybridized carbons (Fsp3) is 0.421. The Morgan fingerprint density at radius 3 is 3.15 bits per heavy atom. The largest absolute Gasteiger partial charge is 0.474 e. The molecule has 0 amide bonds. The van der Waals surface area contributed by atoms with Crippen LogP contribution in [-0.2, 0) is 4.74 Å². The maximum atomic E-state index is 14.6. The van der Waals surface area contributed by atoms with Gasteiger partial charge in [0.15, 0.2) is 5.17 Å². The Bertz CT molecular complexity index is 768. The van der Waals surface area contributed by atoms with E-state index in [-0.39, 0.29) is 18.6 Å². The lowest BCUT2D eigenvalue weighted by Crippen LogP contribution is -2.54. The van der Waals surface area contributed by atoms with Crippen LogP contribution in [0.5, 0.6) is 5.88 Å². The van der Waals surface area contributed by atoms with Gasteiger partial charge in [0, 0.05) is 29.6 Å². The highest BCUT2D eigenvalue weighted by molar-refractivity contribution is 8.13. The highest BCUT2D eigenvalue weighted by Crippen LogP contribution is 2.45. The van der Waals surface area contributed by atoms with Gasteiger partial charge in [0.2, 0.25) is 5.88 Å². The quantitative estimate of drug-likeness (QED) is 0.752. The zero-order chi connectivity index (χ0) is 19.3. The van der Waals surface area contributed by atoms with E-state index in [1.54, 1.807) is 30.7 Å². The van der Waals surface area contributed by atoms with Gasteiger partial charge in [-0.05, 0) is 19.4 Å². The van der Waals surface area contributed by atoms with E-state index in [1.165, 1.54) is 17.8 Å². The number of fused-ring (bicyclic) bond motifs is 1. The predicted octanol–water partition coefficient (Wildman–Crippen LogP) is 3.05. The summed E-state index contributed by atoms with van der Waals surface area (Å²) in [6, 6.07) is 0. The van der Waals surface area contributed by atoms with Crippen LogP contribution in [0.1, 0.15) is 13.3 Å². The summed E-state index contributed by atoms with van der Waals surface area (Å²) in [5, 5.41) is 0.434. The molecule has 0 aromatic carbocycles. The molecular weight excluding hydrogens is 367 g/mol. The van der Waals surface area contributed by atoms with E-state index in [4.69, 9.17) is 15.2 Å². The molecule has 0 radical (unpaired) electrons. The molecule has 1 aromatic heterocycles. The molecule has 8 heteroatoms. The van der Waals surface area contributed by atoms with E-state index in [2.05, 4.69) is 21.5 Å². The van der Waals surface area contributed by atoms with Gasteiger partial charge in [-0.1, -0.05) is 30.5 Å². The van der Waals surface area contributed by atoms with Crippen LogP contribution >= 0.6 is 11.8 Å². The van der Waals surface area contributed by atoms with Crippen molar-refractivity contribution in [2.75, 3.05) is 19.0 Å². The maximum Gasteiger partial charge on any atom is 0.232 e. The van der Waals surface area contributed by atoms with Crippen LogP contribution in [-0.4, -0.2) is 45.7 Å². The van der Waals surface area contributed by atoms with Crippen LogP contribution in [0.25, 0.3) is 0 Å². The molecule has 2 N–H and O–H groups in total. The number of aliphatic imine (C=N–C) groups is 1. The van der Waals surface area contributed by atoms with Crippen LogP contribution in [0.15, 0.2) is 59.8 Å². The van der Waals surface area contributed by atoms with E-state index in [0.29, 0.717) is 29.6 Å². The lowest BCUT2D eigenvalue weighted by Gasteiger charge is -2.46. The molecule has 2 aliphatic heterocycles. The molecule has 27 heavy (non-hydrogen) atoms. The molecule has 3 rings (SSSR count). The zero-order valence-electron chi connectivity index (χ0n) is 15.2. The van der Waals surface area contributed by atoms with Crippen LogP contribution in [0.4, 0.5) is 4.39 Å². The lowest BCUT2D eigenvalue weighted by molar-refractivity contribution is -0.0603.